The molecule has 2 heterocycles. The lowest BCUT2D eigenvalue weighted by Gasteiger charge is -2.34. The Morgan fingerprint density at radius 3 is 2.53 bits per heavy atom. The van der Waals surface area contributed by atoms with Crippen LogP contribution in [0.25, 0.3) is 12.2 Å². The summed E-state index contributed by atoms with van der Waals surface area (Å²) in [5.41, 5.74) is 0.849. The Kier molecular flexibility index (Phi) is 7.73. The van der Waals surface area contributed by atoms with Crippen molar-refractivity contribution in [2.45, 2.75) is 0 Å². The lowest BCUT2D eigenvalue weighted by Crippen LogP contribution is -2.50. The number of nitrogens with zero attached hydrogens (tertiary/aromatic N) is 5. The van der Waals surface area contributed by atoms with E-state index in [0.717, 1.165) is 0 Å². The molecule has 1 amide bonds. The molecule has 184 valence electrons. The normalized spacial score (nSPS) is 13.6. The molecule has 4 rings (SSSR count). The predicted molar refractivity (Wildman–Crippen MR) is 134 cm³/mol. The maximum Gasteiger partial charge on any atom is 0.269 e. The number of nitro groups is 1. The van der Waals surface area contributed by atoms with Gasteiger partial charge in [-0.3, -0.25) is 14.9 Å². The van der Waals surface area contributed by atoms with Crippen molar-refractivity contribution in [3.05, 3.63) is 79.8 Å². The molecule has 2 aromatic carbocycles. The Balaban J connectivity index is 1.34. The zero-order valence-corrected chi connectivity index (χ0v) is 20.3. The number of nitro benzene ring substituents is 1. The van der Waals surface area contributed by atoms with Gasteiger partial charge in [0.1, 0.15) is 11.8 Å². The molecule has 0 saturated carbocycles. The number of piperazine rings is 1. The second-order valence-corrected chi connectivity index (χ2v) is 8.57. The number of halogens is 2. The highest BCUT2D eigenvalue weighted by Crippen LogP contribution is 2.28. The molecule has 1 aliphatic heterocycles. The highest BCUT2D eigenvalue weighted by Gasteiger charge is 2.26. The summed E-state index contributed by atoms with van der Waals surface area (Å²) in [6, 6.07) is 12.8. The van der Waals surface area contributed by atoms with E-state index in [1.807, 2.05) is 11.0 Å². The van der Waals surface area contributed by atoms with E-state index in [0.29, 0.717) is 53.4 Å². The van der Waals surface area contributed by atoms with Gasteiger partial charge in [0.2, 0.25) is 17.5 Å². The second kappa shape index (κ2) is 11.1. The van der Waals surface area contributed by atoms with Gasteiger partial charge in [0, 0.05) is 49.4 Å². The highest BCUT2D eigenvalue weighted by atomic mass is 35.5. The fraction of sp³-hybridized carbons (Fsp3) is 0.208. The number of carbonyl (C=O) groups excluding carboxylic acids is 1. The molecular weight excluding hydrogens is 509 g/mol. The Hall–Kier alpha value is -4.07. The number of ether oxygens (including phenoxy) is 1. The number of aromatic nitrogens is 1. The van der Waals surface area contributed by atoms with Gasteiger partial charge in [-0.05, 0) is 42.0 Å². The van der Waals surface area contributed by atoms with E-state index < -0.39 is 4.92 Å². The number of oxazole rings is 1. The van der Waals surface area contributed by atoms with Crippen LogP contribution in [0, 0.1) is 21.4 Å². The van der Waals surface area contributed by atoms with Crippen LogP contribution >= 0.6 is 23.2 Å². The lowest BCUT2D eigenvalue weighted by atomic mass is 10.2. The minimum Gasteiger partial charge on any atom is -0.482 e. The van der Waals surface area contributed by atoms with Crippen molar-refractivity contribution in [3.8, 4) is 11.8 Å². The highest BCUT2D eigenvalue weighted by molar-refractivity contribution is 6.35. The number of hydrogen-bond donors (Lipinski definition) is 0. The van der Waals surface area contributed by atoms with Crippen molar-refractivity contribution >= 4 is 52.8 Å². The lowest BCUT2D eigenvalue weighted by molar-refractivity contribution is -0.384. The molecule has 10 nitrogen and oxygen atoms in total. The third kappa shape index (κ3) is 5.94. The van der Waals surface area contributed by atoms with E-state index >= 15 is 0 Å². The fourth-order valence-electron chi connectivity index (χ4n) is 3.54. The summed E-state index contributed by atoms with van der Waals surface area (Å²) in [4.78, 5) is 30.6. The van der Waals surface area contributed by atoms with E-state index in [1.165, 1.54) is 12.1 Å². The SMILES string of the molecule is N#Cc1nc(/C=C/c2ccc([N+](=O)[O-])cc2)oc1N1CCN(C(=O)COc2ccc(Cl)cc2Cl)CC1. The number of benzene rings is 2. The predicted octanol–water partition coefficient (Wildman–Crippen LogP) is 4.66. The zero-order chi connectivity index (χ0) is 25.7. The first-order valence-electron chi connectivity index (χ1n) is 10.8. The van der Waals surface area contributed by atoms with Gasteiger partial charge in [0.15, 0.2) is 6.61 Å². The van der Waals surface area contributed by atoms with Gasteiger partial charge in [-0.1, -0.05) is 23.2 Å². The smallest absolute Gasteiger partial charge is 0.269 e. The van der Waals surface area contributed by atoms with E-state index in [1.54, 1.807) is 47.4 Å². The average molecular weight is 528 g/mol. The van der Waals surface area contributed by atoms with Gasteiger partial charge in [0.05, 0.1) is 9.95 Å². The molecule has 1 fully saturated rings. The van der Waals surface area contributed by atoms with Crippen molar-refractivity contribution in [3.63, 3.8) is 0 Å². The zero-order valence-electron chi connectivity index (χ0n) is 18.8. The van der Waals surface area contributed by atoms with Crippen LogP contribution in [0.5, 0.6) is 5.75 Å². The summed E-state index contributed by atoms with van der Waals surface area (Å²) >= 11 is 12.0. The van der Waals surface area contributed by atoms with Crippen molar-refractivity contribution in [1.29, 1.82) is 5.26 Å². The molecule has 36 heavy (non-hydrogen) atoms. The molecule has 1 aromatic heterocycles. The van der Waals surface area contributed by atoms with Crippen LogP contribution < -0.4 is 9.64 Å². The molecule has 0 bridgehead atoms. The van der Waals surface area contributed by atoms with Crippen molar-refractivity contribution in [2.24, 2.45) is 0 Å². The molecule has 0 N–H and O–H groups in total. The number of anilines is 1. The number of nitriles is 1. The molecule has 0 atom stereocenters. The average Bonchev–Trinajstić information content (AvgIpc) is 3.30. The summed E-state index contributed by atoms with van der Waals surface area (Å²) in [5, 5.41) is 21.1. The van der Waals surface area contributed by atoms with Crippen molar-refractivity contribution in [1.82, 2.24) is 9.88 Å². The quantitative estimate of drug-likeness (QED) is 0.320. The number of amides is 1. The van der Waals surface area contributed by atoms with Crippen molar-refractivity contribution in [2.75, 3.05) is 37.7 Å². The Morgan fingerprint density at radius 2 is 1.89 bits per heavy atom. The number of hydrogen-bond acceptors (Lipinski definition) is 8. The summed E-state index contributed by atoms with van der Waals surface area (Å²) in [7, 11) is 0. The fourth-order valence-corrected chi connectivity index (χ4v) is 4.01. The number of rotatable bonds is 7. The van der Waals surface area contributed by atoms with Crippen LogP contribution in [0.1, 0.15) is 17.1 Å². The molecule has 0 aliphatic carbocycles. The van der Waals surface area contributed by atoms with E-state index in [9.17, 15) is 20.2 Å². The largest absolute Gasteiger partial charge is 0.482 e. The molecule has 0 spiro atoms. The Bertz CT molecular complexity index is 1340. The minimum absolute atomic E-state index is 0.00436. The van der Waals surface area contributed by atoms with Gasteiger partial charge in [-0.2, -0.15) is 10.2 Å². The Labute approximate surface area is 216 Å². The van der Waals surface area contributed by atoms with E-state index in [2.05, 4.69) is 4.98 Å². The molecule has 0 radical (unpaired) electrons. The van der Waals surface area contributed by atoms with Gasteiger partial charge in [-0.25, -0.2) is 0 Å². The standard InChI is InChI=1S/C24H19Cl2N5O5/c25-17-4-7-21(19(26)13-17)35-15-23(32)29-9-11-30(12-10-29)24-20(14-27)28-22(36-24)8-3-16-1-5-18(6-2-16)31(33)34/h1-8,13H,9-12,15H2/b8-3+. The monoisotopic (exact) mass is 527 g/mol. The van der Waals surface area contributed by atoms with Gasteiger partial charge >= 0.3 is 0 Å². The van der Waals surface area contributed by atoms with Crippen LogP contribution in [0.4, 0.5) is 11.6 Å². The summed E-state index contributed by atoms with van der Waals surface area (Å²) in [6.07, 6.45) is 3.27. The van der Waals surface area contributed by atoms with Crippen LogP contribution in [-0.2, 0) is 4.79 Å². The maximum atomic E-state index is 12.6. The van der Waals surface area contributed by atoms with Crippen LogP contribution in [0.15, 0.2) is 46.9 Å². The molecule has 1 aliphatic rings. The molecule has 3 aromatic rings. The minimum atomic E-state index is -0.470. The van der Waals surface area contributed by atoms with Crippen LogP contribution in [0.2, 0.25) is 10.0 Å². The Morgan fingerprint density at radius 1 is 1.17 bits per heavy atom. The first kappa shape index (κ1) is 25.0. The topological polar surface area (TPSA) is 126 Å². The maximum absolute atomic E-state index is 12.6. The van der Waals surface area contributed by atoms with E-state index in [4.69, 9.17) is 32.4 Å². The summed E-state index contributed by atoms with van der Waals surface area (Å²) < 4.78 is 11.3. The number of non-ortho nitro benzene ring substituents is 1. The third-order valence-corrected chi connectivity index (χ3v) is 5.95. The molecule has 0 unspecified atom stereocenters. The van der Waals surface area contributed by atoms with Gasteiger partial charge < -0.3 is 19.0 Å². The summed E-state index contributed by atoms with van der Waals surface area (Å²) in [5.74, 6) is 0.747. The van der Waals surface area contributed by atoms with Gasteiger partial charge in [0.25, 0.3) is 11.6 Å². The molecule has 12 heteroatoms. The van der Waals surface area contributed by atoms with Crippen LogP contribution in [-0.4, -0.2) is 53.5 Å². The number of carbonyl (C=O) groups is 1. The van der Waals surface area contributed by atoms with Crippen LogP contribution in [0.3, 0.4) is 0 Å². The molecular formula is C24H19Cl2N5O5. The third-order valence-electron chi connectivity index (χ3n) is 5.42. The summed E-state index contributed by atoms with van der Waals surface area (Å²) in [6.45, 7) is 1.56. The van der Waals surface area contributed by atoms with E-state index in [-0.39, 0.29) is 29.8 Å². The van der Waals surface area contributed by atoms with Crippen molar-refractivity contribution < 1.29 is 18.9 Å². The van der Waals surface area contributed by atoms with Gasteiger partial charge in [-0.15, -0.1) is 0 Å². The second-order valence-electron chi connectivity index (χ2n) is 7.73. The first-order valence-corrected chi connectivity index (χ1v) is 11.5. The first-order chi connectivity index (χ1) is 17.3. The molecule has 1 saturated heterocycles.